The minimum absolute atomic E-state index is 0.0260. The molecule has 0 aliphatic carbocycles. The summed E-state index contributed by atoms with van der Waals surface area (Å²) in [5.41, 5.74) is 2.47. The van der Waals surface area contributed by atoms with Crippen molar-refractivity contribution in [1.82, 2.24) is 10.2 Å². The van der Waals surface area contributed by atoms with Gasteiger partial charge in [-0.3, -0.25) is 13.9 Å². The number of nitrogens with zero attached hydrogens (tertiary/aromatic N) is 2. The van der Waals surface area contributed by atoms with Crippen molar-refractivity contribution in [2.45, 2.75) is 44.2 Å². The van der Waals surface area contributed by atoms with Crippen LogP contribution in [0, 0.1) is 6.92 Å². The molecule has 0 saturated heterocycles. The lowest BCUT2D eigenvalue weighted by Crippen LogP contribution is -2.53. The van der Waals surface area contributed by atoms with E-state index in [0.29, 0.717) is 29.3 Å². The monoisotopic (exact) mass is 647 g/mol. The third kappa shape index (κ3) is 8.65. The average Bonchev–Trinajstić information content (AvgIpc) is 3.06. The fourth-order valence-corrected chi connectivity index (χ4v) is 6.63. The maximum absolute atomic E-state index is 14.5. The van der Waals surface area contributed by atoms with Gasteiger partial charge in [-0.15, -0.1) is 0 Å². The fraction of sp³-hybridized carbons (Fsp3) is 0.257. The van der Waals surface area contributed by atoms with E-state index in [2.05, 4.69) is 5.32 Å². The van der Waals surface area contributed by atoms with Crippen molar-refractivity contribution < 1.29 is 22.7 Å². The van der Waals surface area contributed by atoms with Gasteiger partial charge < -0.3 is 15.0 Å². The molecule has 0 saturated carbocycles. The molecule has 45 heavy (non-hydrogen) atoms. The standard InChI is InChI=1S/C35H38ClN3O5S/c1-4-20-37-35(41)33(22-27-12-7-5-8-13-27)38(24-28-14-11-15-30(21-28)44-3)34(40)25-39(32-23-29(36)19-18-26(32)2)45(42,43)31-16-9-6-10-17-31/h5-19,21,23,33H,4,20,22,24-25H2,1-3H3,(H,37,41)/t33-/m1/s1. The Hall–Kier alpha value is -4.34. The number of rotatable bonds is 14. The zero-order valence-electron chi connectivity index (χ0n) is 25.6. The van der Waals surface area contributed by atoms with Gasteiger partial charge >= 0.3 is 0 Å². The van der Waals surface area contributed by atoms with Crippen LogP contribution in [0.1, 0.15) is 30.0 Å². The molecular weight excluding hydrogens is 610 g/mol. The number of carbonyl (C=O) groups excluding carboxylic acids is 2. The van der Waals surface area contributed by atoms with E-state index in [0.717, 1.165) is 15.4 Å². The molecule has 4 aromatic carbocycles. The maximum Gasteiger partial charge on any atom is 0.264 e. The van der Waals surface area contributed by atoms with Gasteiger partial charge in [0, 0.05) is 24.5 Å². The number of sulfonamides is 1. The van der Waals surface area contributed by atoms with Crippen LogP contribution in [0.15, 0.2) is 108 Å². The summed E-state index contributed by atoms with van der Waals surface area (Å²) < 4.78 is 34.8. The highest BCUT2D eigenvalue weighted by molar-refractivity contribution is 7.92. The van der Waals surface area contributed by atoms with Gasteiger partial charge in [-0.2, -0.15) is 0 Å². The topological polar surface area (TPSA) is 96.0 Å². The number of aryl methyl sites for hydroxylation is 1. The molecule has 236 valence electrons. The third-order valence-corrected chi connectivity index (χ3v) is 9.37. The molecule has 1 atom stereocenters. The summed E-state index contributed by atoms with van der Waals surface area (Å²) in [6, 6.07) is 28.6. The summed E-state index contributed by atoms with van der Waals surface area (Å²) in [5.74, 6) is -0.282. The normalized spacial score (nSPS) is 11.8. The molecule has 0 spiro atoms. The number of amides is 2. The molecule has 0 aliphatic rings. The van der Waals surface area contributed by atoms with Crippen LogP contribution in [0.5, 0.6) is 5.75 Å². The highest BCUT2D eigenvalue weighted by Crippen LogP contribution is 2.30. The Morgan fingerprint density at radius 3 is 2.22 bits per heavy atom. The summed E-state index contributed by atoms with van der Waals surface area (Å²) in [7, 11) is -2.66. The SMILES string of the molecule is CCCNC(=O)[C@@H](Cc1ccccc1)N(Cc1cccc(OC)c1)C(=O)CN(c1cc(Cl)ccc1C)S(=O)(=O)c1ccccc1. The third-order valence-electron chi connectivity index (χ3n) is 7.36. The predicted octanol–water partition coefficient (Wildman–Crippen LogP) is 6.02. The van der Waals surface area contributed by atoms with Crippen LogP contribution in [0.3, 0.4) is 0 Å². The quantitative estimate of drug-likeness (QED) is 0.181. The number of nitrogens with one attached hydrogen (secondary N) is 1. The molecule has 0 bridgehead atoms. The Morgan fingerprint density at radius 1 is 0.889 bits per heavy atom. The smallest absolute Gasteiger partial charge is 0.264 e. The molecule has 0 heterocycles. The van der Waals surface area contributed by atoms with E-state index in [1.165, 1.54) is 23.1 Å². The number of halogens is 1. The van der Waals surface area contributed by atoms with Crippen molar-refractivity contribution in [1.29, 1.82) is 0 Å². The van der Waals surface area contributed by atoms with Gasteiger partial charge in [0.05, 0.1) is 17.7 Å². The summed E-state index contributed by atoms with van der Waals surface area (Å²) in [5, 5.41) is 3.27. The number of benzene rings is 4. The van der Waals surface area contributed by atoms with Crippen molar-refractivity contribution in [3.05, 3.63) is 125 Å². The van der Waals surface area contributed by atoms with Crippen molar-refractivity contribution in [3.8, 4) is 5.75 Å². The molecule has 0 fully saturated rings. The Bertz CT molecular complexity index is 1700. The fourth-order valence-electron chi connectivity index (χ4n) is 4.97. The van der Waals surface area contributed by atoms with Gasteiger partial charge in [0.2, 0.25) is 11.8 Å². The summed E-state index contributed by atoms with van der Waals surface area (Å²) >= 11 is 6.34. The first-order valence-corrected chi connectivity index (χ1v) is 16.5. The Morgan fingerprint density at radius 2 is 1.56 bits per heavy atom. The van der Waals surface area contributed by atoms with E-state index in [9.17, 15) is 18.0 Å². The lowest BCUT2D eigenvalue weighted by Gasteiger charge is -2.34. The van der Waals surface area contributed by atoms with E-state index in [1.54, 1.807) is 56.5 Å². The second-order valence-corrected chi connectivity index (χ2v) is 12.9. The Kier molecular flexibility index (Phi) is 11.6. The minimum atomic E-state index is -4.22. The summed E-state index contributed by atoms with van der Waals surface area (Å²) in [6.45, 7) is 3.62. The van der Waals surface area contributed by atoms with Gasteiger partial charge in [0.25, 0.3) is 10.0 Å². The van der Waals surface area contributed by atoms with Crippen molar-refractivity contribution in [3.63, 3.8) is 0 Å². The number of anilines is 1. The van der Waals surface area contributed by atoms with Crippen molar-refractivity contribution in [2.24, 2.45) is 0 Å². The second-order valence-electron chi connectivity index (χ2n) is 10.6. The van der Waals surface area contributed by atoms with Gasteiger partial charge in [0.1, 0.15) is 18.3 Å². The minimum Gasteiger partial charge on any atom is -0.497 e. The molecule has 8 nitrogen and oxygen atoms in total. The molecular formula is C35H38ClN3O5S. The predicted molar refractivity (Wildman–Crippen MR) is 178 cm³/mol. The molecule has 0 aromatic heterocycles. The summed E-state index contributed by atoms with van der Waals surface area (Å²) in [4.78, 5) is 29.8. The van der Waals surface area contributed by atoms with Crippen LogP contribution in [0.2, 0.25) is 5.02 Å². The van der Waals surface area contributed by atoms with Gasteiger partial charge in [0.15, 0.2) is 0 Å². The second kappa shape index (κ2) is 15.6. The summed E-state index contributed by atoms with van der Waals surface area (Å²) in [6.07, 6.45) is 0.943. The lowest BCUT2D eigenvalue weighted by molar-refractivity contribution is -0.140. The Labute approximate surface area is 270 Å². The van der Waals surface area contributed by atoms with Gasteiger partial charge in [-0.1, -0.05) is 85.3 Å². The first kappa shape index (κ1) is 33.6. The van der Waals surface area contributed by atoms with Crippen LogP contribution < -0.4 is 14.4 Å². The molecule has 1 N–H and O–H groups in total. The van der Waals surface area contributed by atoms with E-state index >= 15 is 0 Å². The number of carbonyl (C=O) groups is 2. The number of ether oxygens (including phenoxy) is 1. The van der Waals surface area contributed by atoms with Gasteiger partial charge in [-0.25, -0.2) is 8.42 Å². The van der Waals surface area contributed by atoms with E-state index in [1.807, 2.05) is 49.4 Å². The highest BCUT2D eigenvalue weighted by Gasteiger charge is 2.35. The molecule has 0 aliphatic heterocycles. The average molecular weight is 648 g/mol. The zero-order valence-corrected chi connectivity index (χ0v) is 27.2. The maximum atomic E-state index is 14.5. The highest BCUT2D eigenvalue weighted by atomic mass is 35.5. The van der Waals surface area contributed by atoms with Crippen LogP contribution >= 0.6 is 11.6 Å². The van der Waals surface area contributed by atoms with Crippen LogP contribution in [-0.4, -0.2) is 51.4 Å². The van der Waals surface area contributed by atoms with Gasteiger partial charge in [-0.05, 0) is 66.4 Å². The first-order chi connectivity index (χ1) is 21.6. The molecule has 0 radical (unpaired) electrons. The molecule has 0 unspecified atom stereocenters. The van der Waals surface area contributed by atoms with Crippen molar-refractivity contribution in [2.75, 3.05) is 24.5 Å². The van der Waals surface area contributed by atoms with Crippen LogP contribution in [0.4, 0.5) is 5.69 Å². The molecule has 2 amide bonds. The van der Waals surface area contributed by atoms with E-state index in [4.69, 9.17) is 16.3 Å². The van der Waals surface area contributed by atoms with Crippen LogP contribution in [-0.2, 0) is 32.6 Å². The zero-order chi connectivity index (χ0) is 32.4. The first-order valence-electron chi connectivity index (χ1n) is 14.7. The van der Waals surface area contributed by atoms with E-state index < -0.39 is 28.5 Å². The van der Waals surface area contributed by atoms with Crippen LogP contribution in [0.25, 0.3) is 0 Å². The Balaban J connectivity index is 1.83. The van der Waals surface area contributed by atoms with Crippen molar-refractivity contribution >= 4 is 39.1 Å². The number of hydrogen-bond donors (Lipinski definition) is 1. The lowest BCUT2D eigenvalue weighted by atomic mass is 10.0. The molecule has 4 rings (SSSR count). The van der Waals surface area contributed by atoms with E-state index in [-0.39, 0.29) is 29.5 Å². The molecule has 10 heteroatoms. The number of methoxy groups -OCH3 is 1. The molecule has 4 aromatic rings. The largest absolute Gasteiger partial charge is 0.497 e. The number of hydrogen-bond acceptors (Lipinski definition) is 5.